The van der Waals surface area contributed by atoms with Gasteiger partial charge in [0.1, 0.15) is 17.4 Å². The van der Waals surface area contributed by atoms with Gasteiger partial charge in [-0.3, -0.25) is 9.25 Å². The van der Waals surface area contributed by atoms with E-state index < -0.39 is 0 Å². The zero-order chi connectivity index (χ0) is 19.8. The number of benzene rings is 1. The van der Waals surface area contributed by atoms with Gasteiger partial charge in [-0.15, -0.1) is 21.5 Å². The lowest BCUT2D eigenvalue weighted by molar-refractivity contribution is 0.104. The van der Waals surface area contributed by atoms with E-state index in [0.29, 0.717) is 13.2 Å². The minimum absolute atomic E-state index is 0.462. The molecule has 0 aliphatic carbocycles. The molecule has 0 radical (unpaired) electrons. The van der Waals surface area contributed by atoms with Crippen molar-refractivity contribution in [1.29, 1.82) is 0 Å². The third-order valence-corrected chi connectivity index (χ3v) is 6.09. The summed E-state index contributed by atoms with van der Waals surface area (Å²) in [6.45, 7) is 2.98. The molecule has 0 saturated heterocycles. The van der Waals surface area contributed by atoms with E-state index in [0.717, 1.165) is 33.5 Å². The molecule has 1 aromatic carbocycles. The second-order valence-corrected chi connectivity index (χ2v) is 8.00. The van der Waals surface area contributed by atoms with Crippen molar-refractivity contribution in [3.63, 3.8) is 0 Å². The lowest BCUT2D eigenvalue weighted by Gasteiger charge is -2.06. The van der Waals surface area contributed by atoms with Crippen LogP contribution in [0.25, 0.3) is 5.00 Å². The van der Waals surface area contributed by atoms with Crippen molar-refractivity contribution < 1.29 is 4.74 Å². The first kappa shape index (κ1) is 17.9. The molecule has 0 bridgehead atoms. The van der Waals surface area contributed by atoms with Crippen LogP contribution in [0, 0.1) is 18.8 Å². The lowest BCUT2D eigenvalue weighted by atomic mass is 10.0. The molecule has 7 heteroatoms. The Morgan fingerprint density at radius 1 is 1.14 bits per heavy atom. The van der Waals surface area contributed by atoms with E-state index in [9.17, 15) is 0 Å². The predicted molar refractivity (Wildman–Crippen MR) is 111 cm³/mol. The van der Waals surface area contributed by atoms with Gasteiger partial charge in [0, 0.05) is 18.8 Å². The first-order chi connectivity index (χ1) is 14.2. The topological polar surface area (TPSA) is 57.8 Å². The molecule has 0 unspecified atom stereocenters. The van der Waals surface area contributed by atoms with E-state index in [1.807, 2.05) is 26.2 Å². The summed E-state index contributed by atoms with van der Waals surface area (Å²) < 4.78 is 9.81. The Labute approximate surface area is 172 Å². The van der Waals surface area contributed by atoms with Crippen molar-refractivity contribution in [2.45, 2.75) is 26.6 Å². The average molecular weight is 401 g/mol. The number of hydrogen-bond donors (Lipinski definition) is 0. The maximum absolute atomic E-state index is 5.94. The molecule has 1 aliphatic rings. The number of thiophene rings is 1. The summed E-state index contributed by atoms with van der Waals surface area (Å²) in [5.74, 6) is 8.35. The van der Waals surface area contributed by atoms with Crippen LogP contribution in [0.4, 0.5) is 0 Å². The van der Waals surface area contributed by atoms with Crippen molar-refractivity contribution in [3.8, 4) is 16.8 Å². The Hall–Kier alpha value is -3.21. The Bertz CT molecular complexity index is 1240. The highest BCUT2D eigenvalue weighted by Gasteiger charge is 2.25. The molecular weight excluding hydrogens is 382 g/mol. The normalized spacial score (nSPS) is 12.6. The van der Waals surface area contributed by atoms with E-state index in [2.05, 4.69) is 56.0 Å². The van der Waals surface area contributed by atoms with E-state index in [4.69, 9.17) is 4.74 Å². The van der Waals surface area contributed by atoms with Crippen molar-refractivity contribution in [2.24, 2.45) is 7.05 Å². The van der Waals surface area contributed by atoms with Crippen LogP contribution in [0.3, 0.4) is 0 Å². The summed E-state index contributed by atoms with van der Waals surface area (Å²) in [6, 6.07) is 10.5. The fourth-order valence-electron chi connectivity index (χ4n) is 3.53. The van der Waals surface area contributed by atoms with Gasteiger partial charge in [-0.25, -0.2) is 0 Å². The highest BCUT2D eigenvalue weighted by molar-refractivity contribution is 7.15. The highest BCUT2D eigenvalue weighted by Crippen LogP contribution is 2.36. The van der Waals surface area contributed by atoms with Gasteiger partial charge in [0.2, 0.25) is 0 Å². The van der Waals surface area contributed by atoms with Gasteiger partial charge in [0.15, 0.2) is 5.82 Å². The number of rotatable bonds is 2. The second kappa shape index (κ2) is 7.32. The summed E-state index contributed by atoms with van der Waals surface area (Å²) >= 11 is 1.68. The second-order valence-electron chi connectivity index (χ2n) is 7.00. The zero-order valence-electron chi connectivity index (χ0n) is 16.2. The molecule has 1 aliphatic heterocycles. The SMILES string of the molecule is Cc1nnc2n1-c1sc(C#Cc3cnn(C)c3)c(Cc3ccccc3)c1COC2. The van der Waals surface area contributed by atoms with Gasteiger partial charge in [-0.2, -0.15) is 5.10 Å². The molecule has 3 aromatic heterocycles. The summed E-state index contributed by atoms with van der Waals surface area (Å²) in [4.78, 5) is 1.05. The summed E-state index contributed by atoms with van der Waals surface area (Å²) in [6.07, 6.45) is 4.52. The number of ether oxygens (including phenoxy) is 1. The predicted octanol–water partition coefficient (Wildman–Crippen LogP) is 3.39. The molecule has 0 saturated carbocycles. The molecule has 4 heterocycles. The van der Waals surface area contributed by atoms with Gasteiger partial charge in [0.25, 0.3) is 0 Å². The molecule has 144 valence electrons. The number of nitrogens with zero attached hydrogens (tertiary/aromatic N) is 5. The molecule has 6 nitrogen and oxygen atoms in total. The highest BCUT2D eigenvalue weighted by atomic mass is 32.1. The van der Waals surface area contributed by atoms with E-state index in [1.54, 1.807) is 22.2 Å². The number of aryl methyl sites for hydroxylation is 2. The largest absolute Gasteiger partial charge is 0.369 e. The fraction of sp³-hybridized carbons (Fsp3) is 0.227. The Balaban J connectivity index is 1.66. The average Bonchev–Trinajstić information content (AvgIpc) is 3.36. The molecule has 0 amide bonds. The number of fused-ring (bicyclic) bond motifs is 3. The smallest absolute Gasteiger partial charge is 0.164 e. The van der Waals surface area contributed by atoms with Gasteiger partial charge in [-0.1, -0.05) is 42.2 Å². The zero-order valence-corrected chi connectivity index (χ0v) is 17.0. The van der Waals surface area contributed by atoms with Crippen molar-refractivity contribution in [2.75, 3.05) is 0 Å². The van der Waals surface area contributed by atoms with Crippen LogP contribution in [-0.2, 0) is 31.4 Å². The van der Waals surface area contributed by atoms with Crippen LogP contribution < -0.4 is 0 Å². The molecule has 5 rings (SSSR count). The van der Waals surface area contributed by atoms with Crippen LogP contribution in [0.5, 0.6) is 0 Å². The van der Waals surface area contributed by atoms with Gasteiger partial charge in [0.05, 0.1) is 23.2 Å². The molecule has 4 aromatic rings. The van der Waals surface area contributed by atoms with E-state index in [1.165, 1.54) is 16.7 Å². The Kier molecular flexibility index (Phi) is 4.51. The first-order valence-corrected chi connectivity index (χ1v) is 10.2. The van der Waals surface area contributed by atoms with Gasteiger partial charge < -0.3 is 4.74 Å². The van der Waals surface area contributed by atoms with E-state index >= 15 is 0 Å². The maximum atomic E-state index is 5.94. The van der Waals surface area contributed by atoms with Crippen LogP contribution in [0.2, 0.25) is 0 Å². The fourth-order valence-corrected chi connectivity index (χ4v) is 4.77. The Morgan fingerprint density at radius 3 is 2.79 bits per heavy atom. The van der Waals surface area contributed by atoms with Gasteiger partial charge in [-0.05, 0) is 24.5 Å². The lowest BCUT2D eigenvalue weighted by Crippen LogP contribution is -2.00. The van der Waals surface area contributed by atoms with E-state index in [-0.39, 0.29) is 0 Å². The minimum Gasteiger partial charge on any atom is -0.369 e. The van der Waals surface area contributed by atoms with Crippen LogP contribution in [-0.4, -0.2) is 24.5 Å². The molecular formula is C22H19N5OS. The van der Waals surface area contributed by atoms with Gasteiger partial charge >= 0.3 is 0 Å². The summed E-state index contributed by atoms with van der Waals surface area (Å²) in [5, 5.41) is 13.9. The standard InChI is InChI=1S/C22H19N5OS/c1-15-24-25-21-14-28-13-19-18(10-16-6-4-3-5-7-16)20(29-22(19)27(15)21)9-8-17-11-23-26(2)12-17/h3-7,11-12H,10,13-14H2,1-2H3. The third kappa shape index (κ3) is 3.37. The van der Waals surface area contributed by atoms with Crippen molar-refractivity contribution >= 4 is 11.3 Å². The van der Waals surface area contributed by atoms with Crippen molar-refractivity contribution in [1.82, 2.24) is 24.5 Å². The van der Waals surface area contributed by atoms with Crippen LogP contribution in [0.1, 0.15) is 38.8 Å². The number of aromatic nitrogens is 5. The summed E-state index contributed by atoms with van der Waals surface area (Å²) in [7, 11) is 1.90. The summed E-state index contributed by atoms with van der Waals surface area (Å²) in [5.41, 5.74) is 4.55. The first-order valence-electron chi connectivity index (χ1n) is 9.37. The van der Waals surface area contributed by atoms with Crippen molar-refractivity contribution in [3.05, 3.63) is 81.5 Å². The molecule has 0 N–H and O–H groups in total. The number of hydrogen-bond acceptors (Lipinski definition) is 5. The molecule has 29 heavy (non-hydrogen) atoms. The monoisotopic (exact) mass is 401 g/mol. The third-order valence-electron chi connectivity index (χ3n) is 4.92. The molecule has 0 atom stereocenters. The van der Waals surface area contributed by atoms with Crippen LogP contribution >= 0.6 is 11.3 Å². The quantitative estimate of drug-likeness (QED) is 0.483. The minimum atomic E-state index is 0.462. The molecule has 0 spiro atoms. The molecule has 0 fully saturated rings. The Morgan fingerprint density at radius 2 is 2.00 bits per heavy atom. The van der Waals surface area contributed by atoms with Crippen LogP contribution in [0.15, 0.2) is 42.7 Å². The maximum Gasteiger partial charge on any atom is 0.164 e.